The zero-order valence-corrected chi connectivity index (χ0v) is 10.7. The van der Waals surface area contributed by atoms with Gasteiger partial charge in [-0.2, -0.15) is 35.1 Å². The van der Waals surface area contributed by atoms with Gasteiger partial charge in [-0.3, -0.25) is 0 Å². The molecule has 23 heavy (non-hydrogen) atoms. The molecule has 1 saturated heterocycles. The van der Waals surface area contributed by atoms with E-state index in [1.165, 1.54) is 0 Å². The Bertz CT molecular complexity index is 498. The molecule has 1 fully saturated rings. The molecule has 1 rings (SSSR count). The highest BCUT2D eigenvalue weighted by Crippen LogP contribution is 2.51. The van der Waals surface area contributed by atoms with Crippen molar-refractivity contribution >= 4 is 5.97 Å². The minimum absolute atomic E-state index is 1.61. The van der Waals surface area contributed by atoms with Gasteiger partial charge < -0.3 is 19.7 Å². The Labute approximate surface area is 122 Å². The molecule has 0 bridgehead atoms. The Morgan fingerprint density at radius 1 is 1.22 bits per heavy atom. The second kappa shape index (κ2) is 5.56. The van der Waals surface area contributed by atoms with Crippen LogP contribution in [0.15, 0.2) is 12.2 Å². The topological polar surface area (TPSA) is 76.0 Å². The lowest BCUT2D eigenvalue weighted by molar-refractivity contribution is -0.409. The number of hydrogen-bond donors (Lipinski definition) is 2. The largest absolute Gasteiger partial charge is 0.459 e. The summed E-state index contributed by atoms with van der Waals surface area (Å²) in [5, 5.41) is 18.0. The van der Waals surface area contributed by atoms with E-state index in [-0.39, 0.29) is 0 Å². The molecule has 5 nitrogen and oxygen atoms in total. The maximum atomic E-state index is 13.3. The molecule has 13 heteroatoms. The third-order valence-electron chi connectivity index (χ3n) is 2.85. The summed E-state index contributed by atoms with van der Waals surface area (Å²) < 4.78 is 108. The Morgan fingerprint density at radius 3 is 2.04 bits per heavy atom. The van der Waals surface area contributed by atoms with Gasteiger partial charge >= 0.3 is 30.0 Å². The fraction of sp³-hybridized carbons (Fsp3) is 0.700. The van der Waals surface area contributed by atoms with Crippen LogP contribution >= 0.6 is 0 Å². The second-order valence-electron chi connectivity index (χ2n) is 4.44. The number of ether oxygens (including phenoxy) is 2. The number of hydrogen-bond acceptors (Lipinski definition) is 5. The van der Waals surface area contributed by atoms with E-state index in [2.05, 4.69) is 16.1 Å². The number of esters is 1. The summed E-state index contributed by atoms with van der Waals surface area (Å²) in [5.41, 5.74) is -2.05. The van der Waals surface area contributed by atoms with Gasteiger partial charge in [0, 0.05) is 0 Å². The maximum Gasteiger partial charge on any atom is 0.449 e. The van der Waals surface area contributed by atoms with Crippen molar-refractivity contribution in [1.82, 2.24) is 0 Å². The predicted molar refractivity (Wildman–Crippen MR) is 53.0 cm³/mol. The first-order valence-corrected chi connectivity index (χ1v) is 5.51. The zero-order valence-electron chi connectivity index (χ0n) is 10.7. The molecule has 0 radical (unpaired) electrons. The van der Waals surface area contributed by atoms with Gasteiger partial charge in [-0.25, -0.2) is 4.79 Å². The van der Waals surface area contributed by atoms with Crippen LogP contribution in [0.2, 0.25) is 0 Å². The summed E-state index contributed by atoms with van der Waals surface area (Å²) in [6.45, 7) is 0.698. The van der Waals surface area contributed by atoms with E-state index >= 15 is 0 Å². The summed E-state index contributed by atoms with van der Waals surface area (Å²) >= 11 is 0. The first-order valence-electron chi connectivity index (χ1n) is 5.51. The highest BCUT2D eigenvalue weighted by atomic mass is 19.4. The third kappa shape index (κ3) is 3.26. The summed E-state index contributed by atoms with van der Waals surface area (Å²) in [4.78, 5) is 10.9. The van der Waals surface area contributed by atoms with E-state index < -0.39 is 54.4 Å². The molecule has 1 aliphatic heterocycles. The van der Waals surface area contributed by atoms with Crippen LogP contribution in [0.5, 0.6) is 0 Å². The maximum absolute atomic E-state index is 13.3. The molecule has 134 valence electrons. The molecular formula is C10H8F8O5. The second-order valence-corrected chi connectivity index (χ2v) is 4.44. The first-order chi connectivity index (χ1) is 10.1. The molecule has 2 N–H and O–H groups in total. The van der Waals surface area contributed by atoms with E-state index in [1.807, 2.05) is 0 Å². The molecule has 0 aromatic rings. The van der Waals surface area contributed by atoms with Crippen molar-refractivity contribution in [2.24, 2.45) is 0 Å². The molecular weight excluding hydrogens is 352 g/mol. The molecule has 0 aromatic carbocycles. The van der Waals surface area contributed by atoms with Gasteiger partial charge in [-0.1, -0.05) is 6.58 Å². The number of halogens is 8. The molecule has 1 aliphatic rings. The third-order valence-corrected chi connectivity index (χ3v) is 2.85. The Hall–Kier alpha value is -1.47. The van der Waals surface area contributed by atoms with Crippen molar-refractivity contribution in [3.63, 3.8) is 0 Å². The average molecular weight is 360 g/mol. The SMILES string of the molecule is C=C(C(=O)OCC1OC(O)(C(F)(F)F)C(F)(F)C1O)C(F)(F)F. The van der Waals surface area contributed by atoms with Gasteiger partial charge in [0.25, 0.3) is 0 Å². The molecule has 0 spiro atoms. The fourth-order valence-corrected chi connectivity index (χ4v) is 1.54. The monoisotopic (exact) mass is 360 g/mol. The Morgan fingerprint density at radius 2 is 1.70 bits per heavy atom. The first kappa shape index (κ1) is 19.6. The molecule has 0 amide bonds. The van der Waals surface area contributed by atoms with Crippen LogP contribution in [0.3, 0.4) is 0 Å². The minimum atomic E-state index is -6.04. The molecule has 3 atom stereocenters. The molecule has 0 saturated carbocycles. The van der Waals surface area contributed by atoms with Crippen molar-refractivity contribution in [2.45, 2.75) is 36.3 Å². The van der Waals surface area contributed by atoms with Gasteiger partial charge in [0.2, 0.25) is 0 Å². The van der Waals surface area contributed by atoms with E-state index in [0.717, 1.165) is 0 Å². The van der Waals surface area contributed by atoms with E-state index in [9.17, 15) is 39.9 Å². The molecule has 3 unspecified atom stereocenters. The number of aliphatic hydroxyl groups excluding tert-OH is 1. The number of rotatable bonds is 3. The highest BCUT2D eigenvalue weighted by molar-refractivity contribution is 5.89. The average Bonchev–Trinajstić information content (AvgIpc) is 2.55. The van der Waals surface area contributed by atoms with Crippen LogP contribution in [-0.2, 0) is 14.3 Å². The predicted octanol–water partition coefficient (Wildman–Crippen LogP) is 1.29. The summed E-state index contributed by atoms with van der Waals surface area (Å²) in [6.07, 6.45) is -17.2. The molecule has 1 heterocycles. The zero-order chi connectivity index (χ0) is 18.4. The lowest BCUT2D eigenvalue weighted by Gasteiger charge is -2.30. The Kier molecular flexibility index (Phi) is 4.73. The smallest absolute Gasteiger partial charge is 0.449 e. The van der Waals surface area contributed by atoms with Crippen molar-refractivity contribution in [3.8, 4) is 0 Å². The minimum Gasteiger partial charge on any atom is -0.459 e. The van der Waals surface area contributed by atoms with Gasteiger partial charge in [0.1, 0.15) is 18.3 Å². The lowest BCUT2D eigenvalue weighted by atomic mass is 10.0. The van der Waals surface area contributed by atoms with Crippen LogP contribution in [0.1, 0.15) is 0 Å². The van der Waals surface area contributed by atoms with Crippen LogP contribution < -0.4 is 0 Å². The number of alkyl halides is 8. The highest BCUT2D eigenvalue weighted by Gasteiger charge is 2.79. The summed E-state index contributed by atoms with van der Waals surface area (Å²) in [7, 11) is 0. The number of carbonyl (C=O) groups excluding carboxylic acids is 1. The van der Waals surface area contributed by atoms with E-state index in [4.69, 9.17) is 10.2 Å². The van der Waals surface area contributed by atoms with Gasteiger partial charge in [0.05, 0.1) is 0 Å². The van der Waals surface area contributed by atoms with Crippen molar-refractivity contribution < 1.29 is 59.6 Å². The standard InChI is InChI=1S/C10H8F8O5/c1-3(8(13,14)15)6(20)22-2-4-5(19)7(11,12)9(21,23-4)10(16,17)18/h4-5,19,21H,1-2H2. The van der Waals surface area contributed by atoms with Crippen LogP contribution in [0.25, 0.3) is 0 Å². The summed E-state index contributed by atoms with van der Waals surface area (Å²) in [5.74, 6) is -12.5. The van der Waals surface area contributed by atoms with Gasteiger partial charge in [-0.15, -0.1) is 0 Å². The van der Waals surface area contributed by atoms with Crippen LogP contribution in [0.4, 0.5) is 35.1 Å². The lowest BCUT2D eigenvalue weighted by Crippen LogP contribution is -2.59. The van der Waals surface area contributed by atoms with Crippen LogP contribution in [-0.4, -0.2) is 59.1 Å². The van der Waals surface area contributed by atoms with Crippen molar-refractivity contribution in [1.29, 1.82) is 0 Å². The van der Waals surface area contributed by atoms with E-state index in [1.54, 1.807) is 0 Å². The Balaban J connectivity index is 2.85. The van der Waals surface area contributed by atoms with Crippen LogP contribution in [0, 0.1) is 0 Å². The molecule has 0 aromatic heterocycles. The van der Waals surface area contributed by atoms with Crippen molar-refractivity contribution in [3.05, 3.63) is 12.2 Å². The normalized spacial score (nSPS) is 31.0. The molecule has 0 aliphatic carbocycles. The van der Waals surface area contributed by atoms with Gasteiger partial charge in [-0.05, 0) is 0 Å². The summed E-state index contributed by atoms with van der Waals surface area (Å²) in [6, 6.07) is 0. The quantitative estimate of drug-likeness (QED) is 0.451. The van der Waals surface area contributed by atoms with E-state index in [0.29, 0.717) is 0 Å². The number of carbonyl (C=O) groups is 1. The fourth-order valence-electron chi connectivity index (χ4n) is 1.54. The number of aliphatic hydroxyl groups is 2. The van der Waals surface area contributed by atoms with Gasteiger partial charge in [0.15, 0.2) is 6.10 Å². The van der Waals surface area contributed by atoms with Crippen molar-refractivity contribution in [2.75, 3.05) is 6.61 Å².